The van der Waals surface area contributed by atoms with Crippen LogP contribution in [0, 0.1) is 0 Å². The summed E-state index contributed by atoms with van der Waals surface area (Å²) in [6.45, 7) is 2.85. The molecule has 0 aliphatic rings. The number of pyridine rings is 1. The van der Waals surface area contributed by atoms with Crippen molar-refractivity contribution in [2.75, 3.05) is 0 Å². The van der Waals surface area contributed by atoms with Crippen molar-refractivity contribution >= 4 is 11.5 Å². The van der Waals surface area contributed by atoms with Gasteiger partial charge in [-0.3, -0.25) is 9.78 Å². The molecule has 32 heavy (non-hydrogen) atoms. The third-order valence-electron chi connectivity index (χ3n) is 3.86. The van der Waals surface area contributed by atoms with Crippen molar-refractivity contribution in [1.29, 1.82) is 0 Å². The maximum absolute atomic E-state index is 13.2. The zero-order chi connectivity index (χ0) is 23.9. The Bertz CT molecular complexity index is 1020. The smallest absolute Gasteiger partial charge is 0.342 e. The third-order valence-corrected chi connectivity index (χ3v) is 3.86. The Morgan fingerprint density at radius 2 is 1.91 bits per heavy atom. The Morgan fingerprint density at radius 3 is 2.44 bits per heavy atom. The van der Waals surface area contributed by atoms with E-state index < -0.39 is 29.4 Å². The fourth-order valence-corrected chi connectivity index (χ4v) is 2.40. The van der Waals surface area contributed by atoms with Crippen LogP contribution in [0.1, 0.15) is 48.0 Å². The van der Waals surface area contributed by atoms with Crippen LogP contribution in [0.25, 0.3) is 5.57 Å². The van der Waals surface area contributed by atoms with E-state index in [9.17, 15) is 31.1 Å². The quantitative estimate of drug-likeness (QED) is 0.450. The monoisotopic (exact) mass is 460 g/mol. The van der Waals surface area contributed by atoms with Crippen molar-refractivity contribution in [1.82, 2.24) is 20.4 Å². The summed E-state index contributed by atoms with van der Waals surface area (Å²) in [6.07, 6.45) is -3.71. The van der Waals surface area contributed by atoms with Gasteiger partial charge in [-0.05, 0) is 31.6 Å². The molecule has 2 rings (SSSR count). The lowest BCUT2D eigenvalue weighted by Gasteiger charge is -2.08. The van der Waals surface area contributed by atoms with E-state index in [0.29, 0.717) is 12.3 Å². The highest BCUT2D eigenvalue weighted by Crippen LogP contribution is 2.30. The van der Waals surface area contributed by atoms with Gasteiger partial charge in [0.2, 0.25) is 11.7 Å². The highest BCUT2D eigenvalue weighted by molar-refractivity contribution is 5.92. The summed E-state index contributed by atoms with van der Waals surface area (Å²) in [5.41, 5.74) is -2.11. The molecule has 1 amide bonds. The lowest BCUT2D eigenvalue weighted by molar-refractivity contribution is -0.137. The van der Waals surface area contributed by atoms with E-state index in [1.165, 1.54) is 12.2 Å². The van der Waals surface area contributed by atoms with Crippen LogP contribution in [0.4, 0.5) is 26.3 Å². The Labute approximate surface area is 178 Å². The zero-order valence-corrected chi connectivity index (χ0v) is 16.9. The number of nitrogens with zero attached hydrogens (tertiary/aromatic N) is 3. The third kappa shape index (κ3) is 6.79. The molecule has 0 aliphatic heterocycles. The highest BCUT2D eigenvalue weighted by Gasteiger charge is 2.32. The van der Waals surface area contributed by atoms with Crippen molar-refractivity contribution in [3.8, 4) is 0 Å². The van der Waals surface area contributed by atoms with Gasteiger partial charge in [0.15, 0.2) is 0 Å². The minimum absolute atomic E-state index is 0.0373. The molecule has 0 atom stereocenters. The van der Waals surface area contributed by atoms with Gasteiger partial charge < -0.3 is 9.84 Å². The van der Waals surface area contributed by atoms with Gasteiger partial charge in [-0.15, -0.1) is 0 Å². The molecule has 2 aromatic rings. The lowest BCUT2D eigenvalue weighted by atomic mass is 10.1. The van der Waals surface area contributed by atoms with Crippen molar-refractivity contribution in [3.63, 3.8) is 0 Å². The first-order chi connectivity index (χ1) is 15.0. The van der Waals surface area contributed by atoms with Crippen molar-refractivity contribution in [3.05, 3.63) is 71.2 Å². The van der Waals surface area contributed by atoms with Crippen LogP contribution in [-0.2, 0) is 12.7 Å². The van der Waals surface area contributed by atoms with Crippen LogP contribution >= 0.6 is 0 Å². The number of halogens is 6. The summed E-state index contributed by atoms with van der Waals surface area (Å²) in [5.74, 6) is -1.05. The van der Waals surface area contributed by atoms with E-state index in [4.69, 9.17) is 4.52 Å². The number of hydrogen-bond acceptors (Lipinski definition) is 5. The van der Waals surface area contributed by atoms with Gasteiger partial charge >= 0.3 is 12.4 Å². The Balaban J connectivity index is 2.14. The number of allylic oxidation sites excluding steroid dienone is 6. The predicted molar refractivity (Wildman–Crippen MR) is 102 cm³/mol. The Morgan fingerprint density at radius 1 is 1.19 bits per heavy atom. The van der Waals surface area contributed by atoms with E-state index in [-0.39, 0.29) is 35.9 Å². The first kappa shape index (κ1) is 24.8. The number of carbonyl (C=O) groups excluding carboxylic acids is 1. The van der Waals surface area contributed by atoms with Gasteiger partial charge in [0, 0.05) is 11.8 Å². The van der Waals surface area contributed by atoms with Gasteiger partial charge in [0.25, 0.3) is 5.91 Å². The average Bonchev–Trinajstić information content (AvgIpc) is 3.19. The molecule has 0 saturated heterocycles. The molecule has 2 heterocycles. The molecule has 2 aromatic heterocycles. The Hall–Kier alpha value is -3.44. The second-order valence-corrected chi connectivity index (χ2v) is 6.29. The van der Waals surface area contributed by atoms with Crippen molar-refractivity contribution in [2.24, 2.45) is 0 Å². The second kappa shape index (κ2) is 10.2. The highest BCUT2D eigenvalue weighted by atomic mass is 19.4. The number of hydrogen-bond donors (Lipinski definition) is 1. The van der Waals surface area contributed by atoms with E-state index in [2.05, 4.69) is 20.4 Å². The van der Waals surface area contributed by atoms with Gasteiger partial charge in [-0.2, -0.15) is 31.3 Å². The number of amides is 1. The molecule has 0 aromatic carbocycles. The van der Waals surface area contributed by atoms with Gasteiger partial charge in [-0.1, -0.05) is 30.3 Å². The molecule has 0 spiro atoms. The summed E-state index contributed by atoms with van der Waals surface area (Å²) in [5, 5.41) is 5.96. The zero-order valence-electron chi connectivity index (χ0n) is 16.9. The summed E-state index contributed by atoms with van der Waals surface area (Å²) in [4.78, 5) is 19.5. The van der Waals surface area contributed by atoms with Crippen LogP contribution in [-0.4, -0.2) is 27.2 Å². The average molecular weight is 460 g/mol. The van der Waals surface area contributed by atoms with E-state index in [1.54, 1.807) is 13.8 Å². The fourth-order valence-electron chi connectivity index (χ4n) is 2.40. The first-order valence-electron chi connectivity index (χ1n) is 9.21. The molecule has 0 aliphatic carbocycles. The molecule has 0 saturated carbocycles. The number of nitrogens with one attached hydrogen (secondary N) is 1. The number of alkyl halides is 6. The molecule has 12 heteroatoms. The van der Waals surface area contributed by atoms with E-state index >= 15 is 0 Å². The minimum atomic E-state index is -4.58. The molecule has 0 radical (unpaired) electrons. The normalized spacial score (nSPS) is 13.6. The van der Waals surface area contributed by atoms with Crippen molar-refractivity contribution in [2.45, 2.75) is 39.2 Å². The largest absolute Gasteiger partial charge is 0.417 e. The van der Waals surface area contributed by atoms with Crippen LogP contribution in [0.15, 0.2) is 52.7 Å². The maximum Gasteiger partial charge on any atom is 0.417 e. The van der Waals surface area contributed by atoms with Crippen LogP contribution < -0.4 is 5.32 Å². The molecule has 0 unspecified atom stereocenters. The predicted octanol–water partition coefficient (Wildman–Crippen LogP) is 5.27. The summed E-state index contributed by atoms with van der Waals surface area (Å²) in [7, 11) is 0. The van der Waals surface area contributed by atoms with Gasteiger partial charge in [0.1, 0.15) is 5.69 Å². The molecular weight excluding hydrogens is 442 g/mol. The lowest BCUT2D eigenvalue weighted by Crippen LogP contribution is -2.24. The first-order valence-corrected chi connectivity index (χ1v) is 9.21. The molecule has 6 nitrogen and oxygen atoms in total. The summed E-state index contributed by atoms with van der Waals surface area (Å²) >= 11 is 0. The van der Waals surface area contributed by atoms with Crippen LogP contribution in [0.2, 0.25) is 0 Å². The topological polar surface area (TPSA) is 80.9 Å². The van der Waals surface area contributed by atoms with E-state index in [1.807, 2.05) is 0 Å². The minimum Gasteiger partial charge on any atom is -0.342 e. The molecule has 0 bridgehead atoms. The SMILES string of the molecule is C\C=C/C(=C\C(=C\CC)C(F)(F)F)c1noc(CNC(=O)c2ccc(C(F)(F)F)cn2)n1. The summed E-state index contributed by atoms with van der Waals surface area (Å²) in [6, 6.07) is 1.62. The fraction of sp³-hybridized carbons (Fsp3) is 0.300. The number of rotatable bonds is 7. The Kier molecular flexibility index (Phi) is 7.95. The standard InChI is InChI=1S/C20H18F6N4O2/c1-3-5-12(9-13(6-4-2)19(21,22)23)17-29-16(32-30-17)11-28-18(31)15-8-7-14(10-27-15)20(24,25)26/h3,5-10H,4,11H2,1-2H3,(H,28,31)/b5-3-,12-9+,13-6-. The number of carbonyl (C=O) groups is 1. The maximum atomic E-state index is 13.2. The van der Waals surface area contributed by atoms with E-state index in [0.717, 1.165) is 18.2 Å². The molecular formula is C20H18F6N4O2. The molecule has 1 N–H and O–H groups in total. The molecule has 0 fully saturated rings. The molecule has 172 valence electrons. The van der Waals surface area contributed by atoms with Gasteiger partial charge in [0.05, 0.1) is 17.7 Å². The second-order valence-electron chi connectivity index (χ2n) is 6.29. The van der Waals surface area contributed by atoms with Crippen LogP contribution in [0.5, 0.6) is 0 Å². The number of aromatic nitrogens is 3. The van der Waals surface area contributed by atoms with Gasteiger partial charge in [-0.25, -0.2) is 0 Å². The summed E-state index contributed by atoms with van der Waals surface area (Å²) < 4.78 is 82.1. The van der Waals surface area contributed by atoms with Crippen molar-refractivity contribution < 1.29 is 35.7 Å². The van der Waals surface area contributed by atoms with Crippen LogP contribution in [0.3, 0.4) is 0 Å².